The monoisotopic (exact) mass is 418 g/mol. The van der Waals surface area contributed by atoms with E-state index in [1.54, 1.807) is 36.4 Å². The maximum absolute atomic E-state index is 13.0. The van der Waals surface area contributed by atoms with Crippen LogP contribution in [0.1, 0.15) is 6.42 Å². The normalized spacial score (nSPS) is 14.5. The van der Waals surface area contributed by atoms with E-state index in [1.807, 2.05) is 0 Å². The summed E-state index contributed by atoms with van der Waals surface area (Å²) in [4.78, 5) is 28.4. The van der Waals surface area contributed by atoms with Gasteiger partial charge in [0.2, 0.25) is 0 Å². The van der Waals surface area contributed by atoms with E-state index >= 15 is 0 Å². The van der Waals surface area contributed by atoms with Crippen molar-refractivity contribution < 1.29 is 14.0 Å². The van der Waals surface area contributed by atoms with Gasteiger partial charge in [-0.2, -0.15) is 0 Å². The number of nitrogens with zero attached hydrogens (tertiary/aromatic N) is 2. The average molecular weight is 419 g/mol. The zero-order chi connectivity index (χ0) is 20.6. The first-order chi connectivity index (χ1) is 14.0. The number of amides is 2. The van der Waals surface area contributed by atoms with Crippen molar-refractivity contribution in [3.63, 3.8) is 0 Å². The highest BCUT2D eigenvalue weighted by Gasteiger charge is 2.17. The third-order valence-corrected chi connectivity index (χ3v) is 5.02. The predicted octanol–water partition coefficient (Wildman–Crippen LogP) is 2.75. The molecular weight excluding hydrogens is 395 g/mol. The number of hydrogen-bond acceptors (Lipinski definition) is 4. The molecule has 0 aromatic heterocycles. The maximum atomic E-state index is 13.0. The summed E-state index contributed by atoms with van der Waals surface area (Å²) >= 11 is 5.86. The molecule has 1 aliphatic heterocycles. The molecule has 1 heterocycles. The van der Waals surface area contributed by atoms with Gasteiger partial charge in [0.25, 0.3) is 0 Å². The van der Waals surface area contributed by atoms with Crippen molar-refractivity contribution in [2.24, 2.45) is 0 Å². The van der Waals surface area contributed by atoms with Gasteiger partial charge >= 0.3 is 11.8 Å². The number of anilines is 2. The van der Waals surface area contributed by atoms with Crippen LogP contribution in [0.4, 0.5) is 15.8 Å². The number of hydrogen-bond donors (Lipinski definition) is 2. The Kier molecular flexibility index (Phi) is 7.43. The van der Waals surface area contributed by atoms with Gasteiger partial charge in [0, 0.05) is 49.1 Å². The lowest BCUT2D eigenvalue weighted by atomic mass is 10.2. The van der Waals surface area contributed by atoms with E-state index in [-0.39, 0.29) is 5.82 Å². The predicted molar refractivity (Wildman–Crippen MR) is 113 cm³/mol. The van der Waals surface area contributed by atoms with E-state index in [0.29, 0.717) is 17.3 Å². The van der Waals surface area contributed by atoms with Gasteiger partial charge in [0.15, 0.2) is 0 Å². The summed E-state index contributed by atoms with van der Waals surface area (Å²) in [6.07, 6.45) is 0.757. The van der Waals surface area contributed by atoms with E-state index in [9.17, 15) is 14.0 Å². The van der Waals surface area contributed by atoms with Crippen molar-refractivity contribution in [3.8, 4) is 0 Å². The van der Waals surface area contributed by atoms with Crippen LogP contribution in [0.25, 0.3) is 0 Å². The van der Waals surface area contributed by atoms with Gasteiger partial charge in [-0.15, -0.1) is 0 Å². The average Bonchev–Trinajstić information content (AvgIpc) is 2.72. The van der Waals surface area contributed by atoms with Crippen LogP contribution in [0.3, 0.4) is 0 Å². The van der Waals surface area contributed by atoms with Crippen molar-refractivity contribution in [1.29, 1.82) is 0 Å². The molecule has 8 heteroatoms. The van der Waals surface area contributed by atoms with E-state index < -0.39 is 11.8 Å². The van der Waals surface area contributed by atoms with E-state index in [2.05, 4.69) is 20.4 Å². The Morgan fingerprint density at radius 1 is 1.00 bits per heavy atom. The number of nitrogens with one attached hydrogen (secondary N) is 2. The molecule has 0 bridgehead atoms. The fourth-order valence-electron chi connectivity index (χ4n) is 3.22. The molecule has 2 aromatic carbocycles. The maximum Gasteiger partial charge on any atom is 0.313 e. The van der Waals surface area contributed by atoms with Crippen LogP contribution in [0.15, 0.2) is 48.5 Å². The summed E-state index contributed by atoms with van der Waals surface area (Å²) in [6, 6.07) is 13.2. The van der Waals surface area contributed by atoms with Gasteiger partial charge in [-0.05, 0) is 55.4 Å². The largest absolute Gasteiger partial charge is 0.369 e. The lowest BCUT2D eigenvalue weighted by Gasteiger charge is -2.36. The third-order valence-electron chi connectivity index (χ3n) is 4.79. The van der Waals surface area contributed by atoms with Crippen LogP contribution >= 0.6 is 11.6 Å². The minimum absolute atomic E-state index is 0.226. The molecule has 1 aliphatic rings. The summed E-state index contributed by atoms with van der Waals surface area (Å²) < 4.78 is 13.0. The Hall–Kier alpha value is -2.64. The molecule has 0 saturated carbocycles. The molecule has 1 fully saturated rings. The first-order valence-electron chi connectivity index (χ1n) is 9.59. The third kappa shape index (κ3) is 6.44. The highest BCUT2D eigenvalue weighted by molar-refractivity contribution is 6.39. The summed E-state index contributed by atoms with van der Waals surface area (Å²) in [5, 5.41) is 5.65. The Labute approximate surface area is 174 Å². The summed E-state index contributed by atoms with van der Waals surface area (Å²) in [5.74, 6) is -1.60. The SMILES string of the molecule is O=C(NCCCN1CCN(c2ccc(F)cc2)CC1)C(=O)Nc1cccc(Cl)c1. The molecule has 2 aromatic rings. The lowest BCUT2D eigenvalue weighted by molar-refractivity contribution is -0.136. The first kappa shape index (κ1) is 21.1. The summed E-state index contributed by atoms with van der Waals surface area (Å²) in [6.45, 7) is 4.83. The molecule has 2 N–H and O–H groups in total. The van der Waals surface area contributed by atoms with Crippen LogP contribution in [0.2, 0.25) is 5.02 Å². The minimum atomic E-state index is -0.708. The smallest absolute Gasteiger partial charge is 0.313 e. The molecule has 0 unspecified atom stereocenters. The molecule has 2 amide bonds. The molecule has 0 atom stereocenters. The zero-order valence-corrected chi connectivity index (χ0v) is 16.8. The molecule has 154 valence electrons. The van der Waals surface area contributed by atoms with Crippen molar-refractivity contribution >= 4 is 34.8 Å². The molecular formula is C21H24ClFN4O2. The van der Waals surface area contributed by atoms with Crippen LogP contribution in [-0.2, 0) is 9.59 Å². The van der Waals surface area contributed by atoms with Crippen molar-refractivity contribution in [2.45, 2.75) is 6.42 Å². The van der Waals surface area contributed by atoms with E-state index in [4.69, 9.17) is 11.6 Å². The highest BCUT2D eigenvalue weighted by atomic mass is 35.5. The van der Waals surface area contributed by atoms with Crippen LogP contribution < -0.4 is 15.5 Å². The molecule has 6 nitrogen and oxygen atoms in total. The number of carbonyl (C=O) groups excluding carboxylic acids is 2. The molecule has 0 radical (unpaired) electrons. The number of carbonyl (C=O) groups is 2. The number of benzene rings is 2. The van der Waals surface area contributed by atoms with Gasteiger partial charge in [-0.3, -0.25) is 14.5 Å². The quantitative estimate of drug-likeness (QED) is 0.559. The molecule has 1 saturated heterocycles. The standard InChI is InChI=1S/C21H24ClFN4O2/c22-16-3-1-4-18(15-16)25-21(29)20(28)24-9-2-10-26-11-13-27(14-12-26)19-7-5-17(23)6-8-19/h1,3-8,15H,2,9-14H2,(H,24,28)(H,25,29). The second kappa shape index (κ2) is 10.2. The summed E-state index contributed by atoms with van der Waals surface area (Å²) in [7, 11) is 0. The van der Waals surface area contributed by atoms with E-state index in [0.717, 1.165) is 44.8 Å². The molecule has 0 aliphatic carbocycles. The van der Waals surface area contributed by atoms with Gasteiger partial charge in [0.05, 0.1) is 0 Å². The van der Waals surface area contributed by atoms with E-state index in [1.165, 1.54) is 12.1 Å². The second-order valence-corrected chi connectivity index (χ2v) is 7.32. The van der Waals surface area contributed by atoms with Crippen molar-refractivity contribution in [2.75, 3.05) is 49.5 Å². The zero-order valence-electron chi connectivity index (χ0n) is 16.0. The van der Waals surface area contributed by atoms with Crippen molar-refractivity contribution in [3.05, 3.63) is 59.4 Å². The Balaban J connectivity index is 1.32. The van der Waals surface area contributed by atoms with Crippen LogP contribution in [-0.4, -0.2) is 56.0 Å². The topological polar surface area (TPSA) is 64.7 Å². The fraction of sp³-hybridized carbons (Fsp3) is 0.333. The van der Waals surface area contributed by atoms with Crippen LogP contribution in [0, 0.1) is 5.82 Å². The summed E-state index contributed by atoms with van der Waals surface area (Å²) in [5.41, 5.74) is 1.51. The molecule has 29 heavy (non-hydrogen) atoms. The van der Waals surface area contributed by atoms with Gasteiger partial charge in [-0.1, -0.05) is 17.7 Å². The first-order valence-corrected chi connectivity index (χ1v) is 9.97. The van der Waals surface area contributed by atoms with Crippen LogP contribution in [0.5, 0.6) is 0 Å². The molecule has 3 rings (SSSR count). The lowest BCUT2D eigenvalue weighted by Crippen LogP contribution is -2.47. The fourth-order valence-corrected chi connectivity index (χ4v) is 3.41. The Morgan fingerprint density at radius 3 is 2.41 bits per heavy atom. The number of piperazine rings is 1. The number of halogens is 2. The molecule has 0 spiro atoms. The highest BCUT2D eigenvalue weighted by Crippen LogP contribution is 2.17. The van der Waals surface area contributed by atoms with Gasteiger partial charge < -0.3 is 15.5 Å². The minimum Gasteiger partial charge on any atom is -0.369 e. The van der Waals surface area contributed by atoms with Gasteiger partial charge in [0.1, 0.15) is 5.82 Å². The second-order valence-electron chi connectivity index (χ2n) is 6.88. The Bertz CT molecular complexity index is 839. The van der Waals surface area contributed by atoms with Crippen molar-refractivity contribution in [1.82, 2.24) is 10.2 Å². The van der Waals surface area contributed by atoms with Gasteiger partial charge in [-0.25, -0.2) is 4.39 Å². The Morgan fingerprint density at radius 2 is 1.72 bits per heavy atom. The number of rotatable bonds is 6.